The van der Waals surface area contributed by atoms with E-state index in [9.17, 15) is 9.59 Å². The summed E-state index contributed by atoms with van der Waals surface area (Å²) < 4.78 is 0. The van der Waals surface area contributed by atoms with E-state index in [-0.39, 0.29) is 17.7 Å². The van der Waals surface area contributed by atoms with Crippen LogP contribution in [0, 0.1) is 0 Å². The Morgan fingerprint density at radius 2 is 2.07 bits per heavy atom. The number of anilines is 1. The van der Waals surface area contributed by atoms with Gasteiger partial charge in [0.05, 0.1) is 17.0 Å². The normalized spacial score (nSPS) is 16.0. The highest BCUT2D eigenvalue weighted by atomic mass is 32.1. The molecule has 1 fully saturated rings. The standard InChI is InChI=1S/C22H22N4O2S/c1-15(27)20-11-16(14-29-20)12-21(28)24-18-8-10-26(13-18)22-23-9-7-19(25-22)17-5-3-2-4-6-17/h2-7,9,11,14,18H,8,10,12-13H2,1H3,(H,24,28). The van der Waals surface area contributed by atoms with Gasteiger partial charge in [-0.05, 0) is 36.4 Å². The molecule has 4 rings (SSSR count). The van der Waals surface area contributed by atoms with Crippen molar-refractivity contribution in [1.29, 1.82) is 0 Å². The minimum Gasteiger partial charge on any atom is -0.351 e. The van der Waals surface area contributed by atoms with Crippen LogP contribution in [0.4, 0.5) is 5.95 Å². The first-order valence-corrected chi connectivity index (χ1v) is 10.5. The molecule has 1 amide bonds. The minimum atomic E-state index is -0.0243. The Morgan fingerprint density at radius 1 is 1.24 bits per heavy atom. The van der Waals surface area contributed by atoms with Crippen LogP contribution in [0.15, 0.2) is 54.0 Å². The Kier molecular flexibility index (Phi) is 5.67. The van der Waals surface area contributed by atoms with Crippen molar-refractivity contribution in [2.45, 2.75) is 25.8 Å². The Bertz CT molecular complexity index is 1020. The maximum absolute atomic E-state index is 12.4. The number of aromatic nitrogens is 2. The Balaban J connectivity index is 1.35. The molecule has 3 heterocycles. The minimum absolute atomic E-state index is 0.0243. The molecule has 7 heteroatoms. The zero-order valence-electron chi connectivity index (χ0n) is 16.2. The van der Waals surface area contributed by atoms with Crippen molar-refractivity contribution in [3.05, 3.63) is 64.5 Å². The van der Waals surface area contributed by atoms with Gasteiger partial charge in [-0.25, -0.2) is 9.97 Å². The fraction of sp³-hybridized carbons (Fsp3) is 0.273. The summed E-state index contributed by atoms with van der Waals surface area (Å²) in [7, 11) is 0. The van der Waals surface area contributed by atoms with Crippen LogP contribution in [0.5, 0.6) is 0 Å². The van der Waals surface area contributed by atoms with E-state index in [0.29, 0.717) is 23.8 Å². The third-order valence-electron chi connectivity index (χ3n) is 4.91. The van der Waals surface area contributed by atoms with E-state index in [0.717, 1.165) is 29.8 Å². The molecule has 1 aromatic carbocycles. The molecule has 1 atom stereocenters. The summed E-state index contributed by atoms with van der Waals surface area (Å²) >= 11 is 1.39. The number of hydrogen-bond donors (Lipinski definition) is 1. The van der Waals surface area contributed by atoms with Crippen LogP contribution in [-0.4, -0.2) is 40.8 Å². The first-order chi connectivity index (χ1) is 14.1. The summed E-state index contributed by atoms with van der Waals surface area (Å²) in [5.74, 6) is 0.696. The van der Waals surface area contributed by atoms with Crippen molar-refractivity contribution in [3.8, 4) is 11.3 Å². The quantitative estimate of drug-likeness (QED) is 0.636. The number of rotatable bonds is 6. The van der Waals surface area contributed by atoms with E-state index >= 15 is 0 Å². The molecule has 1 N–H and O–H groups in total. The zero-order valence-corrected chi connectivity index (χ0v) is 17.0. The first-order valence-electron chi connectivity index (χ1n) is 9.59. The molecule has 148 valence electrons. The fourth-order valence-corrected chi connectivity index (χ4v) is 4.26. The van der Waals surface area contributed by atoms with Gasteiger partial charge in [-0.1, -0.05) is 30.3 Å². The van der Waals surface area contributed by atoms with Crippen molar-refractivity contribution >= 4 is 29.0 Å². The summed E-state index contributed by atoms with van der Waals surface area (Å²) in [5, 5.41) is 4.97. The van der Waals surface area contributed by atoms with Gasteiger partial charge in [-0.3, -0.25) is 9.59 Å². The number of ketones is 1. The summed E-state index contributed by atoms with van der Waals surface area (Å²) in [4.78, 5) is 35.7. The molecular weight excluding hydrogens is 384 g/mol. The fourth-order valence-electron chi connectivity index (χ4n) is 3.45. The molecule has 6 nitrogen and oxygen atoms in total. The van der Waals surface area contributed by atoms with Crippen molar-refractivity contribution in [3.63, 3.8) is 0 Å². The third-order valence-corrected chi connectivity index (χ3v) is 5.99. The van der Waals surface area contributed by atoms with E-state index < -0.39 is 0 Å². The lowest BCUT2D eigenvalue weighted by Crippen LogP contribution is -2.38. The Morgan fingerprint density at radius 3 is 2.83 bits per heavy atom. The van der Waals surface area contributed by atoms with Gasteiger partial charge in [0, 0.05) is 30.9 Å². The summed E-state index contributed by atoms with van der Waals surface area (Å²) in [5.41, 5.74) is 2.83. The molecule has 2 aromatic heterocycles. The molecule has 1 saturated heterocycles. The Labute approximate surface area is 173 Å². The van der Waals surface area contributed by atoms with E-state index in [1.54, 1.807) is 12.3 Å². The van der Waals surface area contributed by atoms with E-state index in [2.05, 4.69) is 15.2 Å². The zero-order chi connectivity index (χ0) is 20.2. The average Bonchev–Trinajstić information content (AvgIpc) is 3.39. The van der Waals surface area contributed by atoms with Crippen LogP contribution >= 0.6 is 11.3 Å². The van der Waals surface area contributed by atoms with Gasteiger partial charge in [0.25, 0.3) is 0 Å². The van der Waals surface area contributed by atoms with E-state index in [4.69, 9.17) is 4.98 Å². The highest BCUT2D eigenvalue weighted by molar-refractivity contribution is 7.12. The van der Waals surface area contributed by atoms with E-state index in [1.807, 2.05) is 41.8 Å². The SMILES string of the molecule is CC(=O)c1cc(CC(=O)NC2CCN(c3nccc(-c4ccccc4)n3)C2)cs1. The van der Waals surface area contributed by atoms with Crippen LogP contribution in [-0.2, 0) is 11.2 Å². The lowest BCUT2D eigenvalue weighted by atomic mass is 10.1. The molecule has 0 spiro atoms. The number of thiophene rings is 1. The van der Waals surface area contributed by atoms with Crippen molar-refractivity contribution in [2.24, 2.45) is 0 Å². The lowest BCUT2D eigenvalue weighted by Gasteiger charge is -2.17. The second-order valence-electron chi connectivity index (χ2n) is 7.16. The highest BCUT2D eigenvalue weighted by Gasteiger charge is 2.26. The average molecular weight is 407 g/mol. The van der Waals surface area contributed by atoms with Crippen LogP contribution < -0.4 is 10.2 Å². The largest absolute Gasteiger partial charge is 0.351 e. The molecule has 0 radical (unpaired) electrons. The maximum Gasteiger partial charge on any atom is 0.225 e. The van der Waals surface area contributed by atoms with Gasteiger partial charge in [0.1, 0.15) is 0 Å². The number of carbonyl (C=O) groups excluding carboxylic acids is 2. The number of Topliss-reactive ketones (excluding diaryl/α,β-unsaturated/α-hetero) is 1. The van der Waals surface area contributed by atoms with Gasteiger partial charge >= 0.3 is 0 Å². The van der Waals surface area contributed by atoms with Crippen molar-refractivity contribution in [2.75, 3.05) is 18.0 Å². The molecule has 1 aliphatic heterocycles. The molecule has 0 aliphatic carbocycles. The van der Waals surface area contributed by atoms with Crippen molar-refractivity contribution < 1.29 is 9.59 Å². The molecule has 0 bridgehead atoms. The second-order valence-corrected chi connectivity index (χ2v) is 8.07. The predicted molar refractivity (Wildman–Crippen MR) is 114 cm³/mol. The highest BCUT2D eigenvalue weighted by Crippen LogP contribution is 2.21. The molecule has 1 unspecified atom stereocenters. The lowest BCUT2D eigenvalue weighted by molar-refractivity contribution is -0.121. The smallest absolute Gasteiger partial charge is 0.225 e. The molecule has 0 saturated carbocycles. The van der Waals surface area contributed by atoms with Crippen molar-refractivity contribution in [1.82, 2.24) is 15.3 Å². The van der Waals surface area contributed by atoms with Crippen LogP contribution in [0.1, 0.15) is 28.6 Å². The summed E-state index contributed by atoms with van der Waals surface area (Å²) in [6.07, 6.45) is 2.92. The number of carbonyl (C=O) groups is 2. The summed E-state index contributed by atoms with van der Waals surface area (Å²) in [6.45, 7) is 3.03. The second kappa shape index (κ2) is 8.53. The number of nitrogens with zero attached hydrogens (tertiary/aromatic N) is 3. The number of benzene rings is 1. The summed E-state index contributed by atoms with van der Waals surface area (Å²) in [6, 6.07) is 13.8. The van der Waals surface area contributed by atoms with Crippen LogP contribution in [0.3, 0.4) is 0 Å². The van der Waals surface area contributed by atoms with Crippen LogP contribution in [0.2, 0.25) is 0 Å². The van der Waals surface area contributed by atoms with E-state index in [1.165, 1.54) is 18.3 Å². The first kappa shape index (κ1) is 19.3. The van der Waals surface area contributed by atoms with Gasteiger partial charge < -0.3 is 10.2 Å². The van der Waals surface area contributed by atoms with Gasteiger partial charge in [-0.15, -0.1) is 11.3 Å². The number of amides is 1. The van der Waals surface area contributed by atoms with Gasteiger partial charge in [-0.2, -0.15) is 0 Å². The third kappa shape index (κ3) is 4.68. The maximum atomic E-state index is 12.4. The topological polar surface area (TPSA) is 75.2 Å². The number of nitrogens with one attached hydrogen (secondary N) is 1. The monoisotopic (exact) mass is 406 g/mol. The molecule has 3 aromatic rings. The molecular formula is C22H22N4O2S. The number of hydrogen-bond acceptors (Lipinski definition) is 6. The predicted octanol–water partition coefficient (Wildman–Crippen LogP) is 3.35. The van der Waals surface area contributed by atoms with Gasteiger partial charge in [0.15, 0.2) is 5.78 Å². The van der Waals surface area contributed by atoms with Gasteiger partial charge in [0.2, 0.25) is 11.9 Å². The van der Waals surface area contributed by atoms with Crippen LogP contribution in [0.25, 0.3) is 11.3 Å². The molecule has 1 aliphatic rings. The molecule has 29 heavy (non-hydrogen) atoms. The Hall–Kier alpha value is -3.06.